The molecule has 0 aromatic heterocycles. The molecule has 7 heavy (non-hydrogen) atoms. The molecule has 0 aliphatic heterocycles. The predicted octanol–water partition coefficient (Wildman–Crippen LogP) is 0.295. The van der Waals surface area contributed by atoms with Gasteiger partial charge in [-0.15, -0.1) is 0 Å². The van der Waals surface area contributed by atoms with Gasteiger partial charge in [0.2, 0.25) is 0 Å². The molecule has 0 spiro atoms. The highest BCUT2D eigenvalue weighted by atomic mass is 28.3. The van der Waals surface area contributed by atoms with E-state index in [9.17, 15) is 0 Å². The number of hydrogen-bond acceptors (Lipinski definition) is 1. The van der Waals surface area contributed by atoms with Crippen molar-refractivity contribution in [3.05, 3.63) is 0 Å². The van der Waals surface area contributed by atoms with Crippen LogP contribution in [-0.4, -0.2) is 37.9 Å². The molecule has 0 atom stereocenters. The van der Waals surface area contributed by atoms with E-state index >= 15 is 0 Å². The topological polar surface area (TPSA) is 3.24 Å². The Morgan fingerprint density at radius 2 is 2.00 bits per heavy atom. The van der Waals surface area contributed by atoms with Gasteiger partial charge >= 0.3 is 0 Å². The van der Waals surface area contributed by atoms with E-state index in [2.05, 4.69) is 25.2 Å². The molecule has 0 aromatic rings. The first-order chi connectivity index (χ1) is 3.27. The van der Waals surface area contributed by atoms with Crippen molar-refractivity contribution >= 4 is 19.2 Å². The molecule has 1 nitrogen and oxygen atoms in total. The van der Waals surface area contributed by atoms with Crippen LogP contribution < -0.4 is 0 Å². The van der Waals surface area contributed by atoms with Gasteiger partial charge in [0.05, 0.1) is 0 Å². The zero-order valence-electron chi connectivity index (χ0n) is 5.15. The Kier molecular flexibility index (Phi) is 4.81. The van der Waals surface area contributed by atoms with Crippen LogP contribution in [0.25, 0.3) is 0 Å². The maximum Gasteiger partial charge on any atom is 0.137 e. The van der Waals surface area contributed by atoms with Crippen molar-refractivity contribution in [1.82, 2.24) is 4.57 Å². The van der Waals surface area contributed by atoms with Crippen molar-refractivity contribution in [1.29, 1.82) is 0 Å². The first-order valence-electron chi connectivity index (χ1n) is 2.33. The third-order valence-electron chi connectivity index (χ3n) is 0.572. The molecule has 0 saturated carbocycles. The number of rotatable bonds is 3. The smallest absolute Gasteiger partial charge is 0.137 e. The molecule has 0 amide bonds. The maximum atomic E-state index is 2.25. The average molecular weight is 129 g/mol. The third-order valence-corrected chi connectivity index (χ3v) is 3.25. The van der Waals surface area contributed by atoms with Crippen LogP contribution in [0.4, 0.5) is 0 Å². The summed E-state index contributed by atoms with van der Waals surface area (Å²) in [5.41, 5.74) is 1.38. The molecule has 0 heterocycles. The maximum absolute atomic E-state index is 2.25. The molecular weight excluding hydrogens is 118 g/mol. The minimum absolute atomic E-state index is 1.03. The zero-order chi connectivity index (χ0) is 5.70. The van der Waals surface area contributed by atoms with Crippen molar-refractivity contribution in [2.24, 2.45) is 0 Å². The van der Waals surface area contributed by atoms with Crippen molar-refractivity contribution in [3.63, 3.8) is 0 Å². The fourth-order valence-corrected chi connectivity index (χ4v) is 2.13. The van der Waals surface area contributed by atoms with E-state index in [1.165, 1.54) is 5.67 Å². The highest BCUT2D eigenvalue weighted by Gasteiger charge is 1.87. The molecule has 0 aromatic carbocycles. The molecule has 0 aliphatic carbocycles. The third kappa shape index (κ3) is 6.39. The van der Waals surface area contributed by atoms with Gasteiger partial charge in [-0.25, -0.2) is 0 Å². The monoisotopic (exact) mass is 129 g/mol. The summed E-state index contributed by atoms with van der Waals surface area (Å²) >= 11 is 0. The molecule has 3 heteroatoms. The van der Waals surface area contributed by atoms with Crippen molar-refractivity contribution in [2.75, 3.05) is 14.1 Å². The Labute approximate surface area is 50.8 Å². The van der Waals surface area contributed by atoms with Gasteiger partial charge in [-0.05, 0) is 14.1 Å². The van der Waals surface area contributed by atoms with E-state index in [1.54, 1.807) is 0 Å². The average Bonchev–Trinajstić information content (AvgIpc) is 1.61. The molecule has 0 unspecified atom stereocenters. The lowest BCUT2D eigenvalue weighted by atomic mass is 11.3. The molecule has 0 N–H and O–H groups in total. The van der Waals surface area contributed by atoms with Gasteiger partial charge in [-0.2, -0.15) is 0 Å². The van der Waals surface area contributed by atoms with Crippen LogP contribution in [0.3, 0.4) is 0 Å². The summed E-state index contributed by atoms with van der Waals surface area (Å²) in [4.78, 5) is 0. The standard InChI is InChI=1S/C4H11NSi2/c1-5(2)7-4-6-3/h4H2,1-3H3. The molecular formula is C4H11NSi2. The molecule has 4 radical (unpaired) electrons. The summed E-state index contributed by atoms with van der Waals surface area (Å²) in [5, 5.41) is 0. The van der Waals surface area contributed by atoms with Crippen molar-refractivity contribution < 1.29 is 0 Å². The second-order valence-corrected chi connectivity index (χ2v) is 4.91. The van der Waals surface area contributed by atoms with E-state index in [1.807, 2.05) is 0 Å². The van der Waals surface area contributed by atoms with E-state index in [0.717, 1.165) is 19.2 Å². The van der Waals surface area contributed by atoms with Gasteiger partial charge in [-0.1, -0.05) is 12.2 Å². The van der Waals surface area contributed by atoms with Gasteiger partial charge in [0, 0.05) is 9.52 Å². The second-order valence-electron chi connectivity index (χ2n) is 1.58. The lowest BCUT2D eigenvalue weighted by Gasteiger charge is -2.03. The van der Waals surface area contributed by atoms with E-state index in [-0.39, 0.29) is 0 Å². The zero-order valence-corrected chi connectivity index (χ0v) is 7.15. The molecule has 0 aliphatic rings. The summed E-state index contributed by atoms with van der Waals surface area (Å²) in [6.07, 6.45) is 0. The second kappa shape index (κ2) is 4.55. The Morgan fingerprint density at radius 3 is 2.14 bits per heavy atom. The lowest BCUT2D eigenvalue weighted by molar-refractivity contribution is 0.663. The summed E-state index contributed by atoms with van der Waals surface area (Å²) in [6, 6.07) is 0. The molecule has 0 saturated heterocycles. The van der Waals surface area contributed by atoms with E-state index < -0.39 is 0 Å². The van der Waals surface area contributed by atoms with Crippen LogP contribution in [0.5, 0.6) is 0 Å². The fourth-order valence-electron chi connectivity index (χ4n) is 0.237. The normalized spacial score (nSPS) is 10.3. The highest BCUT2D eigenvalue weighted by Crippen LogP contribution is 1.75. The quantitative estimate of drug-likeness (QED) is 0.495. The molecule has 0 rings (SSSR count). The van der Waals surface area contributed by atoms with Crippen molar-refractivity contribution in [3.8, 4) is 0 Å². The van der Waals surface area contributed by atoms with Crippen LogP contribution >= 0.6 is 0 Å². The van der Waals surface area contributed by atoms with Gasteiger partial charge in [0.25, 0.3) is 0 Å². The van der Waals surface area contributed by atoms with Gasteiger partial charge in [0.1, 0.15) is 9.68 Å². The van der Waals surface area contributed by atoms with Crippen LogP contribution in [0.2, 0.25) is 12.2 Å². The SMILES string of the molecule is C[Si]C[Si]N(C)C. The lowest BCUT2D eigenvalue weighted by Crippen LogP contribution is -2.17. The van der Waals surface area contributed by atoms with Gasteiger partial charge < -0.3 is 4.57 Å². The van der Waals surface area contributed by atoms with Crippen molar-refractivity contribution in [2.45, 2.75) is 12.2 Å². The molecule has 0 bridgehead atoms. The number of nitrogens with zero attached hydrogens (tertiary/aromatic N) is 1. The summed E-state index contributed by atoms with van der Waals surface area (Å²) in [7, 11) is 6.40. The largest absolute Gasteiger partial charge is 0.331 e. The summed E-state index contributed by atoms with van der Waals surface area (Å²) in [6.45, 7) is 2.25. The highest BCUT2D eigenvalue weighted by molar-refractivity contribution is 6.53. The Morgan fingerprint density at radius 1 is 1.43 bits per heavy atom. The Balaban J connectivity index is 2.68. The minimum Gasteiger partial charge on any atom is -0.331 e. The summed E-state index contributed by atoms with van der Waals surface area (Å²) in [5.74, 6) is 0. The number of hydrogen-bond donors (Lipinski definition) is 0. The van der Waals surface area contributed by atoms with Crippen LogP contribution in [0.15, 0.2) is 0 Å². The van der Waals surface area contributed by atoms with Crippen LogP contribution in [-0.2, 0) is 0 Å². The minimum atomic E-state index is 1.03. The molecule has 0 fully saturated rings. The fraction of sp³-hybridized carbons (Fsp3) is 1.00. The molecule has 40 valence electrons. The van der Waals surface area contributed by atoms with Gasteiger partial charge in [-0.3, -0.25) is 0 Å². The van der Waals surface area contributed by atoms with E-state index in [0.29, 0.717) is 0 Å². The summed E-state index contributed by atoms with van der Waals surface area (Å²) < 4.78 is 2.25. The van der Waals surface area contributed by atoms with E-state index in [4.69, 9.17) is 0 Å². The first-order valence-corrected chi connectivity index (χ1v) is 5.19. The Hall–Kier alpha value is 0.394. The van der Waals surface area contributed by atoms with Gasteiger partial charge in [0.15, 0.2) is 0 Å². The van der Waals surface area contributed by atoms with Crippen LogP contribution in [0.1, 0.15) is 0 Å². The van der Waals surface area contributed by atoms with Crippen LogP contribution in [0, 0.1) is 0 Å². The Bertz CT molecular complexity index is 38.7. The first kappa shape index (κ1) is 7.39. The predicted molar refractivity (Wildman–Crippen MR) is 35.9 cm³/mol.